The Hall–Kier alpha value is -3.48. The molecule has 4 aromatic rings. The molecule has 0 unspecified atom stereocenters. The van der Waals surface area contributed by atoms with E-state index in [2.05, 4.69) is 22.7 Å². The lowest BCUT2D eigenvalue weighted by atomic mass is 9.98. The van der Waals surface area contributed by atoms with E-state index in [-0.39, 0.29) is 18.7 Å². The van der Waals surface area contributed by atoms with Crippen LogP contribution in [-0.2, 0) is 19.3 Å². The van der Waals surface area contributed by atoms with Crippen molar-refractivity contribution in [1.29, 1.82) is 0 Å². The molecule has 1 heterocycles. The van der Waals surface area contributed by atoms with Crippen molar-refractivity contribution in [1.82, 2.24) is 4.98 Å². The molecule has 0 saturated heterocycles. The molecule has 0 fully saturated rings. The highest BCUT2D eigenvalue weighted by Crippen LogP contribution is 2.29. The van der Waals surface area contributed by atoms with Gasteiger partial charge in [0.15, 0.2) is 11.6 Å². The molecule has 0 bridgehead atoms. The fourth-order valence-electron chi connectivity index (χ4n) is 4.55. The van der Waals surface area contributed by atoms with Crippen molar-refractivity contribution in [2.75, 3.05) is 0 Å². The van der Waals surface area contributed by atoms with Gasteiger partial charge in [0.1, 0.15) is 5.82 Å². The molecule has 2 nitrogen and oxygen atoms in total. The van der Waals surface area contributed by atoms with Gasteiger partial charge in [-0.3, -0.25) is 4.98 Å². The quantitative estimate of drug-likeness (QED) is 0.143. The molecule has 38 heavy (non-hydrogen) atoms. The first-order chi connectivity index (χ1) is 18.2. The van der Waals surface area contributed by atoms with Gasteiger partial charge in [0.25, 0.3) is 0 Å². The van der Waals surface area contributed by atoms with E-state index in [9.17, 15) is 17.6 Å². The van der Waals surface area contributed by atoms with E-state index in [0.717, 1.165) is 41.6 Å². The van der Waals surface area contributed by atoms with Crippen LogP contribution >= 0.6 is 0 Å². The van der Waals surface area contributed by atoms with Gasteiger partial charge in [0.2, 0.25) is 0 Å². The third-order valence-electron chi connectivity index (χ3n) is 6.63. The Kier molecular flexibility index (Phi) is 8.97. The maximum absolute atomic E-state index is 15.2. The number of aryl methyl sites for hydroxylation is 3. The first-order valence-electron chi connectivity index (χ1n) is 12.9. The van der Waals surface area contributed by atoms with E-state index in [0.29, 0.717) is 16.5 Å². The van der Waals surface area contributed by atoms with Crippen molar-refractivity contribution in [2.45, 2.75) is 64.7 Å². The van der Waals surface area contributed by atoms with Crippen molar-refractivity contribution in [3.63, 3.8) is 0 Å². The number of fused-ring (bicyclic) bond motifs is 1. The molecular formula is C31H30F5NO. The molecule has 0 aliphatic rings. The Morgan fingerprint density at radius 1 is 0.763 bits per heavy atom. The normalized spacial score (nSPS) is 11.7. The van der Waals surface area contributed by atoms with E-state index in [1.165, 1.54) is 37.3 Å². The molecule has 200 valence electrons. The van der Waals surface area contributed by atoms with E-state index in [4.69, 9.17) is 0 Å². The summed E-state index contributed by atoms with van der Waals surface area (Å²) in [7, 11) is 0. The molecule has 0 saturated carbocycles. The van der Waals surface area contributed by atoms with Crippen LogP contribution in [0.2, 0.25) is 0 Å². The van der Waals surface area contributed by atoms with Crippen LogP contribution in [-0.4, -0.2) is 11.3 Å². The number of pyridine rings is 1. The summed E-state index contributed by atoms with van der Waals surface area (Å²) in [5.74, 6) is -2.36. The number of unbranched alkanes of at least 4 members (excludes halogenated alkanes) is 4. The molecule has 3 aromatic carbocycles. The van der Waals surface area contributed by atoms with Crippen LogP contribution in [0.4, 0.5) is 22.0 Å². The molecule has 0 spiro atoms. The number of hydrogen-bond donors (Lipinski definition) is 0. The maximum Gasteiger partial charge on any atom is 0.573 e. The minimum absolute atomic E-state index is 0.263. The van der Waals surface area contributed by atoms with Gasteiger partial charge in [-0.15, -0.1) is 13.2 Å². The second-order valence-corrected chi connectivity index (χ2v) is 9.50. The molecular weight excluding hydrogens is 497 g/mol. The molecule has 0 N–H and O–H groups in total. The Balaban J connectivity index is 1.41. The van der Waals surface area contributed by atoms with Crippen molar-refractivity contribution >= 4 is 10.8 Å². The highest BCUT2D eigenvalue weighted by molar-refractivity contribution is 5.88. The summed E-state index contributed by atoms with van der Waals surface area (Å²) in [6.45, 7) is 2.21. The summed E-state index contributed by atoms with van der Waals surface area (Å²) in [5, 5.41) is 1.21. The number of aromatic nitrogens is 1. The van der Waals surface area contributed by atoms with Gasteiger partial charge < -0.3 is 4.74 Å². The number of ether oxygens (including phenoxy) is 1. The highest BCUT2D eigenvalue weighted by atomic mass is 19.4. The lowest BCUT2D eigenvalue weighted by Crippen LogP contribution is -2.18. The van der Waals surface area contributed by atoms with Crippen LogP contribution in [0.25, 0.3) is 22.0 Å². The summed E-state index contributed by atoms with van der Waals surface area (Å²) in [5.41, 5.74) is 3.83. The molecule has 0 aliphatic carbocycles. The molecule has 0 atom stereocenters. The highest BCUT2D eigenvalue weighted by Gasteiger charge is 2.32. The minimum atomic E-state index is -4.97. The van der Waals surface area contributed by atoms with Crippen LogP contribution in [0.15, 0.2) is 66.9 Å². The first kappa shape index (κ1) is 27.6. The summed E-state index contributed by atoms with van der Waals surface area (Å²) in [4.78, 5) is 4.61. The predicted octanol–water partition coefficient (Wildman–Crippen LogP) is 9.38. The Morgan fingerprint density at radius 2 is 1.55 bits per heavy atom. The largest absolute Gasteiger partial charge is 0.573 e. The molecule has 0 radical (unpaired) electrons. The number of nitrogens with zero attached hydrogens (tertiary/aromatic N) is 1. The number of alkyl halides is 3. The van der Waals surface area contributed by atoms with Crippen LogP contribution in [0.1, 0.15) is 55.7 Å². The van der Waals surface area contributed by atoms with Gasteiger partial charge in [-0.2, -0.15) is 0 Å². The predicted molar refractivity (Wildman–Crippen MR) is 140 cm³/mol. The first-order valence-corrected chi connectivity index (χ1v) is 12.9. The molecule has 0 amide bonds. The SMILES string of the molecule is CCCCCCCc1ccc(-c2ccc3c(F)c(CCc4ccc(OC(F)(F)F)c(F)c4)ccc3c2)nc1. The molecule has 1 aromatic heterocycles. The molecule has 0 aliphatic heterocycles. The number of hydrogen-bond acceptors (Lipinski definition) is 2. The topological polar surface area (TPSA) is 22.1 Å². The monoisotopic (exact) mass is 527 g/mol. The zero-order valence-electron chi connectivity index (χ0n) is 21.3. The van der Waals surface area contributed by atoms with Crippen LogP contribution in [0.3, 0.4) is 0 Å². The fourth-order valence-corrected chi connectivity index (χ4v) is 4.55. The van der Waals surface area contributed by atoms with Crippen LogP contribution in [0.5, 0.6) is 5.75 Å². The van der Waals surface area contributed by atoms with Gasteiger partial charge in [-0.1, -0.05) is 69.0 Å². The number of benzene rings is 3. The maximum atomic E-state index is 15.2. The second kappa shape index (κ2) is 12.4. The average Bonchev–Trinajstić information content (AvgIpc) is 2.89. The second-order valence-electron chi connectivity index (χ2n) is 9.50. The van der Waals surface area contributed by atoms with Crippen LogP contribution in [0, 0.1) is 11.6 Å². The summed E-state index contributed by atoms with van der Waals surface area (Å²) < 4.78 is 69.9. The third kappa shape index (κ3) is 7.30. The van der Waals surface area contributed by atoms with Gasteiger partial charge >= 0.3 is 6.36 Å². The van der Waals surface area contributed by atoms with Gasteiger partial charge in [-0.25, -0.2) is 8.78 Å². The smallest absolute Gasteiger partial charge is 0.403 e. The van der Waals surface area contributed by atoms with Gasteiger partial charge in [-0.05, 0) is 72.0 Å². The zero-order valence-corrected chi connectivity index (χ0v) is 21.3. The Labute approximate surface area is 219 Å². The minimum Gasteiger partial charge on any atom is -0.403 e. The lowest BCUT2D eigenvalue weighted by molar-refractivity contribution is -0.275. The Bertz CT molecular complexity index is 1370. The van der Waals surface area contributed by atoms with Crippen molar-refractivity contribution in [2.24, 2.45) is 0 Å². The standard InChI is InChI=1S/C31H30F5NO/c1-2-3-4-5-6-7-22-9-16-28(37-20-22)25-14-15-26-24(19-25)13-12-23(30(26)33)11-8-21-10-17-29(27(32)18-21)38-31(34,35)36/h9-10,12-20H,2-8,11H2,1H3. The number of halogens is 5. The van der Waals surface area contributed by atoms with Crippen molar-refractivity contribution in [3.8, 4) is 17.0 Å². The van der Waals surface area contributed by atoms with Crippen molar-refractivity contribution in [3.05, 3.63) is 95.2 Å². The lowest BCUT2D eigenvalue weighted by Gasteiger charge is -2.11. The Morgan fingerprint density at radius 3 is 2.26 bits per heavy atom. The summed E-state index contributed by atoms with van der Waals surface area (Å²) in [6.07, 6.45) is 4.65. The summed E-state index contributed by atoms with van der Waals surface area (Å²) >= 11 is 0. The van der Waals surface area contributed by atoms with E-state index >= 15 is 4.39 Å². The number of rotatable bonds is 11. The van der Waals surface area contributed by atoms with E-state index in [1.54, 1.807) is 12.1 Å². The van der Waals surface area contributed by atoms with E-state index in [1.807, 2.05) is 30.5 Å². The average molecular weight is 528 g/mol. The van der Waals surface area contributed by atoms with Crippen molar-refractivity contribution < 1.29 is 26.7 Å². The molecule has 4 rings (SSSR count). The summed E-state index contributed by atoms with van der Waals surface area (Å²) in [6, 6.07) is 16.4. The van der Waals surface area contributed by atoms with Crippen LogP contribution < -0.4 is 4.74 Å². The molecule has 7 heteroatoms. The zero-order chi connectivity index (χ0) is 27.1. The third-order valence-corrected chi connectivity index (χ3v) is 6.63. The van der Waals surface area contributed by atoms with E-state index < -0.39 is 17.9 Å². The van der Waals surface area contributed by atoms with Gasteiger partial charge in [0.05, 0.1) is 5.69 Å². The fraction of sp³-hybridized carbons (Fsp3) is 0.323. The van der Waals surface area contributed by atoms with Gasteiger partial charge in [0, 0.05) is 17.1 Å².